The minimum absolute atomic E-state index is 0.0977. The molecular formula is C16H20N4OS. The van der Waals surface area contributed by atoms with Crippen LogP contribution < -0.4 is 5.32 Å². The molecule has 1 N–H and O–H groups in total. The second kappa shape index (κ2) is 6.98. The van der Waals surface area contributed by atoms with Gasteiger partial charge in [-0.2, -0.15) is 0 Å². The Morgan fingerprint density at radius 1 is 1.45 bits per heavy atom. The van der Waals surface area contributed by atoms with Crippen molar-refractivity contribution in [2.45, 2.75) is 12.8 Å². The lowest BCUT2D eigenvalue weighted by Crippen LogP contribution is -2.42. The Morgan fingerprint density at radius 2 is 2.36 bits per heavy atom. The first-order valence-electron chi connectivity index (χ1n) is 7.59. The number of thiazole rings is 1. The number of aromatic nitrogens is 2. The van der Waals surface area contributed by atoms with E-state index in [2.05, 4.69) is 15.3 Å². The molecule has 116 valence electrons. The molecule has 0 aromatic carbocycles. The van der Waals surface area contributed by atoms with E-state index in [-0.39, 0.29) is 5.91 Å². The van der Waals surface area contributed by atoms with Gasteiger partial charge in [-0.3, -0.25) is 9.78 Å². The Kier molecular flexibility index (Phi) is 4.80. The molecular weight excluding hydrogens is 296 g/mol. The summed E-state index contributed by atoms with van der Waals surface area (Å²) in [5.41, 5.74) is 0.818. The maximum absolute atomic E-state index is 12.6. The van der Waals surface area contributed by atoms with Gasteiger partial charge in [-0.05, 0) is 44.5 Å². The smallest absolute Gasteiger partial charge is 0.265 e. The van der Waals surface area contributed by atoms with Crippen LogP contribution in [0.15, 0.2) is 30.6 Å². The van der Waals surface area contributed by atoms with Gasteiger partial charge in [0.15, 0.2) is 0 Å². The highest BCUT2D eigenvalue weighted by atomic mass is 32.1. The minimum atomic E-state index is 0.0977. The van der Waals surface area contributed by atoms with Crippen molar-refractivity contribution < 1.29 is 4.79 Å². The van der Waals surface area contributed by atoms with E-state index in [1.807, 2.05) is 30.1 Å². The number of pyridine rings is 1. The molecule has 3 heterocycles. The van der Waals surface area contributed by atoms with E-state index >= 15 is 0 Å². The first-order chi connectivity index (χ1) is 10.8. The fourth-order valence-electron chi connectivity index (χ4n) is 2.84. The summed E-state index contributed by atoms with van der Waals surface area (Å²) in [6.45, 7) is 2.64. The van der Waals surface area contributed by atoms with Gasteiger partial charge in [0.1, 0.15) is 9.88 Å². The molecule has 0 saturated carbocycles. The molecule has 2 aromatic rings. The predicted octanol–water partition coefficient (Wildman–Crippen LogP) is 2.28. The van der Waals surface area contributed by atoms with Crippen LogP contribution >= 0.6 is 11.3 Å². The van der Waals surface area contributed by atoms with Crippen LogP contribution in [0.2, 0.25) is 0 Å². The number of carbonyl (C=O) groups is 1. The first kappa shape index (κ1) is 15.1. The van der Waals surface area contributed by atoms with E-state index < -0.39 is 0 Å². The standard InChI is InChI=1S/C16H20N4OS/c1-17-9-12-5-4-8-20(11-12)16(21)14-10-19-15(22-14)13-6-2-3-7-18-13/h2-3,6-7,10,12,17H,4-5,8-9,11H2,1H3. The van der Waals surface area contributed by atoms with Gasteiger partial charge in [-0.25, -0.2) is 4.98 Å². The normalized spacial score (nSPS) is 18.4. The monoisotopic (exact) mass is 316 g/mol. The fourth-order valence-corrected chi connectivity index (χ4v) is 3.70. The van der Waals surface area contributed by atoms with Crippen LogP contribution in [-0.2, 0) is 0 Å². The molecule has 0 radical (unpaired) electrons. The summed E-state index contributed by atoms with van der Waals surface area (Å²) >= 11 is 1.42. The zero-order valence-electron chi connectivity index (χ0n) is 12.7. The summed E-state index contributed by atoms with van der Waals surface area (Å²) in [7, 11) is 1.96. The summed E-state index contributed by atoms with van der Waals surface area (Å²) in [4.78, 5) is 23.9. The zero-order chi connectivity index (χ0) is 15.4. The number of hydrogen-bond donors (Lipinski definition) is 1. The van der Waals surface area contributed by atoms with Crippen LogP contribution in [0.3, 0.4) is 0 Å². The van der Waals surface area contributed by atoms with Gasteiger partial charge in [0, 0.05) is 19.3 Å². The molecule has 0 spiro atoms. The van der Waals surface area contributed by atoms with Crippen LogP contribution in [0.5, 0.6) is 0 Å². The van der Waals surface area contributed by atoms with E-state index in [0.717, 1.165) is 36.8 Å². The van der Waals surface area contributed by atoms with Crippen molar-refractivity contribution in [3.8, 4) is 10.7 Å². The van der Waals surface area contributed by atoms with Gasteiger partial charge in [0.25, 0.3) is 5.91 Å². The van der Waals surface area contributed by atoms with Crippen molar-refractivity contribution in [2.24, 2.45) is 5.92 Å². The van der Waals surface area contributed by atoms with Crippen LogP contribution in [0, 0.1) is 5.92 Å². The Labute approximate surface area is 134 Å². The quantitative estimate of drug-likeness (QED) is 0.940. The maximum atomic E-state index is 12.6. The summed E-state index contributed by atoms with van der Waals surface area (Å²) in [5.74, 6) is 0.645. The van der Waals surface area contributed by atoms with E-state index in [1.165, 1.54) is 17.8 Å². The summed E-state index contributed by atoms with van der Waals surface area (Å²) < 4.78 is 0. The highest BCUT2D eigenvalue weighted by Crippen LogP contribution is 2.25. The van der Waals surface area contributed by atoms with Crippen LogP contribution in [0.1, 0.15) is 22.5 Å². The number of likely N-dealkylation sites (tertiary alicyclic amines) is 1. The Balaban J connectivity index is 1.71. The van der Waals surface area contributed by atoms with Crippen LogP contribution in [0.4, 0.5) is 0 Å². The van der Waals surface area contributed by atoms with Crippen molar-refractivity contribution in [2.75, 3.05) is 26.7 Å². The Bertz CT molecular complexity index is 626. The van der Waals surface area contributed by atoms with E-state index in [1.54, 1.807) is 12.4 Å². The lowest BCUT2D eigenvalue weighted by molar-refractivity contribution is 0.0679. The van der Waals surface area contributed by atoms with Crippen LogP contribution in [0.25, 0.3) is 10.7 Å². The van der Waals surface area contributed by atoms with Crippen molar-refractivity contribution in [1.29, 1.82) is 0 Å². The Morgan fingerprint density at radius 3 is 3.14 bits per heavy atom. The van der Waals surface area contributed by atoms with Gasteiger partial charge in [0.05, 0.1) is 11.9 Å². The molecule has 0 bridgehead atoms. The molecule has 3 rings (SSSR count). The number of piperidine rings is 1. The molecule has 1 atom stereocenters. The first-order valence-corrected chi connectivity index (χ1v) is 8.40. The van der Waals surface area contributed by atoms with Crippen LogP contribution in [-0.4, -0.2) is 47.5 Å². The van der Waals surface area contributed by atoms with E-state index in [9.17, 15) is 4.79 Å². The average molecular weight is 316 g/mol. The summed E-state index contributed by atoms with van der Waals surface area (Å²) in [6.07, 6.45) is 5.68. The SMILES string of the molecule is CNCC1CCCN(C(=O)c2cnc(-c3ccccn3)s2)C1. The highest BCUT2D eigenvalue weighted by molar-refractivity contribution is 7.16. The molecule has 5 nitrogen and oxygen atoms in total. The molecule has 0 aliphatic carbocycles. The molecule has 1 amide bonds. The summed E-state index contributed by atoms with van der Waals surface area (Å²) in [6, 6.07) is 5.72. The zero-order valence-corrected chi connectivity index (χ0v) is 13.5. The Hall–Kier alpha value is -1.79. The van der Waals surface area contributed by atoms with Crippen molar-refractivity contribution in [3.05, 3.63) is 35.5 Å². The molecule has 2 aromatic heterocycles. The van der Waals surface area contributed by atoms with E-state index in [0.29, 0.717) is 10.8 Å². The average Bonchev–Trinajstić information content (AvgIpc) is 3.05. The molecule has 22 heavy (non-hydrogen) atoms. The lowest BCUT2D eigenvalue weighted by atomic mass is 9.98. The fraction of sp³-hybridized carbons (Fsp3) is 0.438. The number of hydrogen-bond acceptors (Lipinski definition) is 5. The highest BCUT2D eigenvalue weighted by Gasteiger charge is 2.25. The number of rotatable bonds is 4. The van der Waals surface area contributed by atoms with E-state index in [4.69, 9.17) is 0 Å². The van der Waals surface area contributed by atoms with Gasteiger partial charge in [0.2, 0.25) is 0 Å². The number of nitrogens with zero attached hydrogens (tertiary/aromatic N) is 3. The molecule has 6 heteroatoms. The van der Waals surface area contributed by atoms with Gasteiger partial charge in [-0.15, -0.1) is 11.3 Å². The third-order valence-electron chi connectivity index (χ3n) is 3.90. The predicted molar refractivity (Wildman–Crippen MR) is 87.9 cm³/mol. The molecule has 1 aliphatic heterocycles. The molecule has 1 fully saturated rings. The van der Waals surface area contributed by atoms with Gasteiger partial charge in [-0.1, -0.05) is 6.07 Å². The molecule has 1 unspecified atom stereocenters. The van der Waals surface area contributed by atoms with Gasteiger partial charge >= 0.3 is 0 Å². The molecule has 1 aliphatic rings. The van der Waals surface area contributed by atoms with Crippen molar-refractivity contribution >= 4 is 17.2 Å². The maximum Gasteiger partial charge on any atom is 0.265 e. The molecule has 1 saturated heterocycles. The number of nitrogens with one attached hydrogen (secondary N) is 1. The second-order valence-electron chi connectivity index (χ2n) is 5.56. The van der Waals surface area contributed by atoms with Crippen molar-refractivity contribution in [3.63, 3.8) is 0 Å². The number of amides is 1. The lowest BCUT2D eigenvalue weighted by Gasteiger charge is -2.32. The van der Waals surface area contributed by atoms with Crippen molar-refractivity contribution in [1.82, 2.24) is 20.2 Å². The third kappa shape index (κ3) is 3.34. The number of carbonyl (C=O) groups excluding carboxylic acids is 1. The topological polar surface area (TPSA) is 58.1 Å². The largest absolute Gasteiger partial charge is 0.338 e. The summed E-state index contributed by atoms with van der Waals surface area (Å²) in [5, 5.41) is 4.01. The van der Waals surface area contributed by atoms with Gasteiger partial charge < -0.3 is 10.2 Å². The third-order valence-corrected chi connectivity index (χ3v) is 4.91. The second-order valence-corrected chi connectivity index (χ2v) is 6.59. The minimum Gasteiger partial charge on any atom is -0.338 e.